The largest absolute Gasteiger partial charge is 0.363 e. The van der Waals surface area contributed by atoms with Crippen molar-refractivity contribution in [2.45, 2.75) is 13.1 Å². The van der Waals surface area contributed by atoms with Gasteiger partial charge in [0.2, 0.25) is 0 Å². The van der Waals surface area contributed by atoms with Gasteiger partial charge in [-0.2, -0.15) is 0 Å². The maximum atomic E-state index is 12.5. The van der Waals surface area contributed by atoms with Gasteiger partial charge in [0.15, 0.2) is 4.32 Å². The van der Waals surface area contributed by atoms with Crippen molar-refractivity contribution in [2.24, 2.45) is 0 Å². The lowest BCUT2D eigenvalue weighted by atomic mass is 10.1. The average molecular weight is 475 g/mol. The molecule has 0 N–H and O–H groups in total. The molecule has 0 saturated carbocycles. The predicted octanol–water partition coefficient (Wildman–Crippen LogP) is 6.10. The van der Waals surface area contributed by atoms with Crippen LogP contribution in [-0.4, -0.2) is 15.3 Å². The van der Waals surface area contributed by atoms with Crippen molar-refractivity contribution in [2.75, 3.05) is 4.90 Å². The van der Waals surface area contributed by atoms with Gasteiger partial charge in [-0.05, 0) is 47.1 Å². The number of hydroxylamine groups is 2. The number of carbonyl (C=O) groups excluding carboxylic acids is 1. The van der Waals surface area contributed by atoms with Gasteiger partial charge in [0, 0.05) is 18.8 Å². The molecule has 1 aliphatic heterocycles. The highest BCUT2D eigenvalue weighted by Gasteiger charge is 2.34. The molecule has 33 heavy (non-hydrogen) atoms. The van der Waals surface area contributed by atoms with Gasteiger partial charge in [-0.3, -0.25) is 4.79 Å². The van der Waals surface area contributed by atoms with Crippen LogP contribution < -0.4 is 4.90 Å². The van der Waals surface area contributed by atoms with E-state index < -0.39 is 0 Å². The lowest BCUT2D eigenvalue weighted by Crippen LogP contribution is -2.27. The Morgan fingerprint density at radius 2 is 1.48 bits per heavy atom. The molecule has 1 heterocycles. The Labute approximate surface area is 202 Å². The highest BCUT2D eigenvalue weighted by atomic mass is 32.2. The van der Waals surface area contributed by atoms with Crippen molar-refractivity contribution >= 4 is 46.0 Å². The molecule has 5 nitrogen and oxygen atoms in total. The fraction of sp³-hybridized carbons (Fsp3) is 0.0769. The molecule has 0 atom stereocenters. The van der Waals surface area contributed by atoms with E-state index in [0.717, 1.165) is 47.4 Å². The molecule has 0 aliphatic carbocycles. The minimum atomic E-state index is -0.370. The molecule has 166 valence electrons. The fourth-order valence-electron chi connectivity index (χ4n) is 3.37. The van der Waals surface area contributed by atoms with Crippen molar-refractivity contribution in [3.05, 3.63) is 119 Å². The summed E-state index contributed by atoms with van der Waals surface area (Å²) in [6, 6.07) is 28.9. The number of anilines is 1. The molecule has 3 aromatic rings. The smallest absolute Gasteiger partial charge is 0.293 e. The maximum absolute atomic E-state index is 12.5. The molecule has 1 fully saturated rings. The van der Waals surface area contributed by atoms with Gasteiger partial charge < -0.3 is 9.79 Å². The van der Waals surface area contributed by atoms with Crippen LogP contribution in [0.2, 0.25) is 0 Å². The molecule has 0 unspecified atom stereocenters. The zero-order chi connectivity index (χ0) is 23.0. The van der Waals surface area contributed by atoms with Crippen molar-refractivity contribution in [3.8, 4) is 0 Å². The summed E-state index contributed by atoms with van der Waals surface area (Å²) >= 11 is 6.35. The molecule has 0 radical (unpaired) electrons. The lowest BCUT2D eigenvalue weighted by Gasteiger charge is -2.25. The summed E-state index contributed by atoms with van der Waals surface area (Å²) in [5.74, 6) is -0.370. The predicted molar refractivity (Wildman–Crippen MR) is 137 cm³/mol. The highest BCUT2D eigenvalue weighted by Crippen LogP contribution is 2.33. The zero-order valence-electron chi connectivity index (χ0n) is 17.8. The molecule has 1 saturated heterocycles. The molecule has 1 amide bonds. The van der Waals surface area contributed by atoms with Crippen LogP contribution in [0.4, 0.5) is 5.69 Å². The summed E-state index contributed by atoms with van der Waals surface area (Å²) in [5.41, 5.74) is 4.46. The first-order chi connectivity index (χ1) is 16.1. The van der Waals surface area contributed by atoms with Crippen LogP contribution in [-0.2, 0) is 27.8 Å². The first kappa shape index (κ1) is 22.8. The Bertz CT molecular complexity index is 1110. The van der Waals surface area contributed by atoms with Crippen LogP contribution in [0.3, 0.4) is 0 Å². The van der Waals surface area contributed by atoms with Gasteiger partial charge >= 0.3 is 0 Å². The topological polar surface area (TPSA) is 42.0 Å². The number of amides is 1. The number of hydrogen-bond acceptors (Lipinski definition) is 6. The van der Waals surface area contributed by atoms with Crippen LogP contribution in [0.5, 0.6) is 0 Å². The second-order valence-corrected chi connectivity index (χ2v) is 8.91. The van der Waals surface area contributed by atoms with Gasteiger partial charge in [0.1, 0.15) is 6.26 Å². The third-order valence-electron chi connectivity index (χ3n) is 4.93. The number of thioether (sulfide) groups is 1. The van der Waals surface area contributed by atoms with E-state index in [1.807, 2.05) is 24.3 Å². The standard InChI is InChI=1S/C26H22N2O3S2/c1-2-30-31-28-25(29)24(33-26(28)32)17-20-13-15-23(16-14-20)27(18-21-9-5-3-6-10-21)19-22-11-7-4-8-12-22/h2-17H,1,18-19H2. The van der Waals surface area contributed by atoms with Crippen LogP contribution in [0, 0.1) is 0 Å². The van der Waals surface area contributed by atoms with Crippen LogP contribution in [0.25, 0.3) is 6.08 Å². The molecule has 0 aromatic heterocycles. The number of hydrogen-bond donors (Lipinski definition) is 0. The summed E-state index contributed by atoms with van der Waals surface area (Å²) in [7, 11) is 0. The Hall–Kier alpha value is -3.39. The van der Waals surface area contributed by atoms with E-state index in [0.29, 0.717) is 4.91 Å². The summed E-state index contributed by atoms with van der Waals surface area (Å²) in [6.07, 6.45) is 2.87. The summed E-state index contributed by atoms with van der Waals surface area (Å²) in [4.78, 5) is 24.8. The van der Waals surface area contributed by atoms with Crippen molar-refractivity contribution in [1.82, 2.24) is 5.06 Å². The van der Waals surface area contributed by atoms with Gasteiger partial charge in [-0.15, -0.1) is 5.06 Å². The summed E-state index contributed by atoms with van der Waals surface area (Å²) < 4.78 is 0.265. The van der Waals surface area contributed by atoms with Crippen molar-refractivity contribution < 1.29 is 14.7 Å². The lowest BCUT2D eigenvalue weighted by molar-refractivity contribution is -0.350. The minimum absolute atomic E-state index is 0.265. The zero-order valence-corrected chi connectivity index (χ0v) is 19.4. The summed E-state index contributed by atoms with van der Waals surface area (Å²) in [5, 5.41) is 0.934. The van der Waals surface area contributed by atoms with Gasteiger partial charge in [0.05, 0.1) is 4.91 Å². The second kappa shape index (κ2) is 11.0. The molecule has 3 aromatic carbocycles. The number of thiocarbonyl (C=S) groups is 1. The van der Waals surface area contributed by atoms with E-state index in [1.165, 1.54) is 11.1 Å². The van der Waals surface area contributed by atoms with Gasteiger partial charge in [-0.25, -0.2) is 0 Å². The molecular weight excluding hydrogens is 452 g/mol. The van der Waals surface area contributed by atoms with Crippen molar-refractivity contribution in [3.63, 3.8) is 0 Å². The van der Waals surface area contributed by atoms with E-state index in [9.17, 15) is 4.79 Å². The monoisotopic (exact) mass is 474 g/mol. The maximum Gasteiger partial charge on any atom is 0.293 e. The normalized spacial score (nSPS) is 14.5. The van der Waals surface area contributed by atoms with E-state index in [4.69, 9.17) is 17.2 Å². The first-order valence-electron chi connectivity index (χ1n) is 10.3. The molecular formula is C26H22N2O3S2. The highest BCUT2D eigenvalue weighted by molar-refractivity contribution is 8.26. The van der Waals surface area contributed by atoms with Gasteiger partial charge in [-0.1, -0.05) is 96.1 Å². The van der Waals surface area contributed by atoms with E-state index in [2.05, 4.69) is 77.0 Å². The first-order valence-corrected chi connectivity index (χ1v) is 11.5. The third-order valence-corrected chi connectivity index (χ3v) is 6.20. The van der Waals surface area contributed by atoms with Crippen LogP contribution in [0.15, 0.2) is 103 Å². The number of nitrogens with zero attached hydrogens (tertiary/aromatic N) is 2. The SMILES string of the molecule is C=COON1C(=O)C(=Cc2ccc(N(Cc3ccccc3)Cc3ccccc3)cc2)SC1=S. The molecule has 7 heteroatoms. The Balaban J connectivity index is 1.53. The quantitative estimate of drug-likeness (QED) is 0.123. The Morgan fingerprint density at radius 1 is 0.909 bits per heavy atom. The van der Waals surface area contributed by atoms with Crippen LogP contribution >= 0.6 is 24.0 Å². The van der Waals surface area contributed by atoms with E-state index in [1.54, 1.807) is 6.08 Å². The molecule has 4 rings (SSSR count). The van der Waals surface area contributed by atoms with Crippen molar-refractivity contribution in [1.29, 1.82) is 0 Å². The third kappa shape index (κ3) is 5.90. The molecule has 0 spiro atoms. The number of carbonyl (C=O) groups is 1. The van der Waals surface area contributed by atoms with Crippen LogP contribution in [0.1, 0.15) is 16.7 Å². The molecule has 1 aliphatic rings. The van der Waals surface area contributed by atoms with E-state index in [-0.39, 0.29) is 10.2 Å². The minimum Gasteiger partial charge on any atom is -0.363 e. The summed E-state index contributed by atoms with van der Waals surface area (Å²) in [6.45, 7) is 4.95. The Morgan fingerprint density at radius 3 is 2.03 bits per heavy atom. The number of rotatable bonds is 9. The fourth-order valence-corrected chi connectivity index (χ4v) is 4.50. The second-order valence-electron chi connectivity index (χ2n) is 7.23. The Kier molecular flexibility index (Phi) is 7.57. The average Bonchev–Trinajstić information content (AvgIpc) is 3.11. The van der Waals surface area contributed by atoms with Gasteiger partial charge in [0.25, 0.3) is 5.91 Å². The number of benzene rings is 3. The molecule has 0 bridgehead atoms. The van der Waals surface area contributed by atoms with E-state index >= 15 is 0 Å².